The van der Waals surface area contributed by atoms with Crippen LogP contribution in [0.15, 0.2) is 46.2 Å². The van der Waals surface area contributed by atoms with Crippen LogP contribution in [0.25, 0.3) is 10.8 Å². The minimum Gasteiger partial charge on any atom is -0.383 e. The summed E-state index contributed by atoms with van der Waals surface area (Å²) in [6.07, 6.45) is 3.50. The normalized spacial score (nSPS) is 21.2. The van der Waals surface area contributed by atoms with E-state index in [4.69, 9.17) is 4.74 Å². The number of fused-ring (bicyclic) bond motifs is 4. The van der Waals surface area contributed by atoms with E-state index in [1.54, 1.807) is 37.3 Å². The number of H-pyrrole nitrogens is 1. The molecule has 36 heavy (non-hydrogen) atoms. The first-order chi connectivity index (χ1) is 17.4. The Morgan fingerprint density at radius 1 is 1.31 bits per heavy atom. The molecule has 186 valence electrons. The fraction of sp³-hybridized carbons (Fsp3) is 0.385. The largest absolute Gasteiger partial charge is 0.383 e. The lowest BCUT2D eigenvalue weighted by Crippen LogP contribution is -2.39. The first kappa shape index (κ1) is 23.0. The predicted octanol–water partition coefficient (Wildman–Crippen LogP) is 2.34. The fourth-order valence-corrected chi connectivity index (χ4v) is 7.59. The molecule has 2 fully saturated rings. The van der Waals surface area contributed by atoms with Gasteiger partial charge >= 0.3 is 0 Å². The van der Waals surface area contributed by atoms with E-state index in [1.807, 2.05) is 0 Å². The van der Waals surface area contributed by atoms with Gasteiger partial charge in [-0.3, -0.25) is 14.0 Å². The number of rotatable bonds is 6. The number of nitrogens with zero attached hydrogens (tertiary/aromatic N) is 3. The van der Waals surface area contributed by atoms with Crippen molar-refractivity contribution in [1.29, 1.82) is 5.26 Å². The number of nitrogens with one attached hydrogen (secondary N) is 2. The summed E-state index contributed by atoms with van der Waals surface area (Å²) in [6, 6.07) is 10.9. The fourth-order valence-electron chi connectivity index (χ4n) is 5.82. The molecule has 3 aromatic rings. The number of hydrogen-bond donors (Lipinski definition) is 2. The van der Waals surface area contributed by atoms with Crippen molar-refractivity contribution in [2.45, 2.75) is 36.8 Å². The van der Waals surface area contributed by atoms with Gasteiger partial charge in [-0.25, -0.2) is 8.42 Å². The zero-order valence-electron chi connectivity index (χ0n) is 20.0. The van der Waals surface area contributed by atoms with Crippen molar-refractivity contribution in [1.82, 2.24) is 9.88 Å². The molecule has 2 atom stereocenters. The maximum absolute atomic E-state index is 13.9. The second-order valence-corrected chi connectivity index (χ2v) is 11.5. The Kier molecular flexibility index (Phi) is 5.52. The molecule has 9 nitrogen and oxygen atoms in total. The van der Waals surface area contributed by atoms with Crippen LogP contribution in [0.4, 0.5) is 11.4 Å². The lowest BCUT2D eigenvalue weighted by atomic mass is 10.1. The number of morpholine rings is 1. The van der Waals surface area contributed by atoms with E-state index >= 15 is 0 Å². The zero-order valence-corrected chi connectivity index (χ0v) is 20.8. The van der Waals surface area contributed by atoms with Gasteiger partial charge in [0.25, 0.3) is 15.6 Å². The lowest BCUT2D eigenvalue weighted by molar-refractivity contribution is 0.0324. The van der Waals surface area contributed by atoms with Gasteiger partial charge in [-0.05, 0) is 49.6 Å². The molecular weight excluding hydrogens is 478 g/mol. The summed E-state index contributed by atoms with van der Waals surface area (Å²) in [7, 11) is -3.98. The molecule has 4 heterocycles. The molecule has 1 aromatic heterocycles. The molecule has 0 spiro atoms. The van der Waals surface area contributed by atoms with Gasteiger partial charge in [-0.15, -0.1) is 0 Å². The highest BCUT2D eigenvalue weighted by atomic mass is 32.2. The molecule has 2 aromatic carbocycles. The van der Waals surface area contributed by atoms with E-state index in [2.05, 4.69) is 21.3 Å². The number of pyridine rings is 1. The van der Waals surface area contributed by atoms with E-state index in [-0.39, 0.29) is 17.0 Å². The number of hydrogen-bond acceptors (Lipinski definition) is 7. The number of nitriles is 1. The summed E-state index contributed by atoms with van der Waals surface area (Å²) >= 11 is 0. The quantitative estimate of drug-likeness (QED) is 0.528. The summed E-state index contributed by atoms with van der Waals surface area (Å²) in [5, 5.41) is 13.9. The highest BCUT2D eigenvalue weighted by Gasteiger charge is 2.38. The van der Waals surface area contributed by atoms with Crippen molar-refractivity contribution in [2.24, 2.45) is 0 Å². The molecule has 2 N–H and O–H groups in total. The Bertz CT molecular complexity index is 1580. The highest BCUT2D eigenvalue weighted by Crippen LogP contribution is 2.39. The maximum Gasteiger partial charge on any atom is 0.264 e. The van der Waals surface area contributed by atoms with Crippen LogP contribution in [0.3, 0.4) is 0 Å². The van der Waals surface area contributed by atoms with Crippen molar-refractivity contribution < 1.29 is 13.2 Å². The Labute approximate surface area is 209 Å². The summed E-state index contributed by atoms with van der Waals surface area (Å²) < 4.78 is 34.9. The molecule has 2 bridgehead atoms. The molecular formula is C26H27N5O4S. The second kappa shape index (κ2) is 8.62. The standard InChI is InChI=1S/C26H27N5O4S/c1-16-13-29-26(32)21-3-2-4-24(25(16)21)36(33,34)31-7-5-20-22(9-17(12-27)10-23(20)31)28-6-8-30-14-19-11-18(30)15-35-19/h2-4,9-10,13,18-19,28H,5-8,11,14-15H2,1H3,(H,29,32)/t18-,19+/m1/s1. The summed E-state index contributed by atoms with van der Waals surface area (Å²) in [5.41, 5.74) is 2.96. The SMILES string of the molecule is Cc1c[nH]c(=O)c2cccc(S(=O)(=O)N3CCc4c(NCCN5C[C@@H]6C[C@@H]5CO6)cc(C#N)cc43)c12. The molecule has 0 aliphatic carbocycles. The monoisotopic (exact) mass is 505 g/mol. The number of anilines is 2. The van der Waals surface area contributed by atoms with Gasteiger partial charge < -0.3 is 15.0 Å². The van der Waals surface area contributed by atoms with E-state index in [0.717, 1.165) is 37.4 Å². The van der Waals surface area contributed by atoms with E-state index < -0.39 is 10.0 Å². The van der Waals surface area contributed by atoms with Crippen molar-refractivity contribution in [3.05, 3.63) is 63.6 Å². The lowest BCUT2D eigenvalue weighted by Gasteiger charge is -2.27. The Hall–Kier alpha value is -3.39. The van der Waals surface area contributed by atoms with Crippen molar-refractivity contribution in [3.63, 3.8) is 0 Å². The van der Waals surface area contributed by atoms with Gasteiger partial charge in [0.05, 0.1) is 34.9 Å². The molecule has 0 saturated carbocycles. The van der Waals surface area contributed by atoms with Gasteiger partial charge in [-0.1, -0.05) is 6.07 Å². The van der Waals surface area contributed by atoms with E-state index in [1.165, 1.54) is 10.5 Å². The molecule has 0 unspecified atom stereocenters. The van der Waals surface area contributed by atoms with Crippen LogP contribution in [-0.2, 0) is 21.2 Å². The molecule has 10 heteroatoms. The number of ether oxygens (including phenoxy) is 1. The molecule has 3 aliphatic rings. The first-order valence-electron chi connectivity index (χ1n) is 12.2. The molecule has 6 rings (SSSR count). The third-order valence-electron chi connectivity index (χ3n) is 7.57. The smallest absolute Gasteiger partial charge is 0.264 e. The number of likely N-dealkylation sites (tertiary alicyclic amines) is 1. The van der Waals surface area contributed by atoms with Crippen LogP contribution in [-0.4, -0.2) is 63.2 Å². The Morgan fingerprint density at radius 2 is 2.17 bits per heavy atom. The average molecular weight is 506 g/mol. The minimum absolute atomic E-state index is 0.0969. The minimum atomic E-state index is -3.98. The van der Waals surface area contributed by atoms with Crippen LogP contribution in [0.5, 0.6) is 0 Å². The maximum atomic E-state index is 13.9. The van der Waals surface area contributed by atoms with E-state index in [9.17, 15) is 18.5 Å². The molecule has 3 aliphatic heterocycles. The van der Waals surface area contributed by atoms with Gasteiger partial charge in [-0.2, -0.15) is 5.26 Å². The number of benzene rings is 2. The van der Waals surface area contributed by atoms with Crippen LogP contribution < -0.4 is 15.2 Å². The van der Waals surface area contributed by atoms with Gasteiger partial charge in [0, 0.05) is 60.4 Å². The summed E-state index contributed by atoms with van der Waals surface area (Å²) in [4.78, 5) is 17.6. The summed E-state index contributed by atoms with van der Waals surface area (Å²) in [6.45, 7) is 5.35. The topological polar surface area (TPSA) is 119 Å². The second-order valence-electron chi connectivity index (χ2n) is 9.71. The first-order valence-corrected chi connectivity index (χ1v) is 13.6. The zero-order chi connectivity index (χ0) is 25.0. The van der Waals surface area contributed by atoms with Gasteiger partial charge in [0.1, 0.15) is 0 Å². The Morgan fingerprint density at radius 3 is 2.92 bits per heavy atom. The van der Waals surface area contributed by atoms with Crippen LogP contribution in [0.1, 0.15) is 23.1 Å². The molecule has 0 radical (unpaired) electrons. The van der Waals surface area contributed by atoms with Crippen LogP contribution >= 0.6 is 0 Å². The van der Waals surface area contributed by atoms with Gasteiger partial charge in [0.2, 0.25) is 0 Å². The molecule has 2 saturated heterocycles. The third kappa shape index (κ3) is 3.66. The number of aromatic amines is 1. The van der Waals surface area contributed by atoms with Crippen molar-refractivity contribution in [3.8, 4) is 6.07 Å². The van der Waals surface area contributed by atoms with Crippen molar-refractivity contribution >= 4 is 32.2 Å². The van der Waals surface area contributed by atoms with Crippen molar-refractivity contribution in [2.75, 3.05) is 42.4 Å². The molecule has 0 amide bonds. The van der Waals surface area contributed by atoms with Crippen LogP contribution in [0, 0.1) is 18.3 Å². The van der Waals surface area contributed by atoms with E-state index in [0.29, 0.717) is 52.7 Å². The highest BCUT2D eigenvalue weighted by molar-refractivity contribution is 7.93. The van der Waals surface area contributed by atoms with Gasteiger partial charge in [0.15, 0.2) is 0 Å². The predicted molar refractivity (Wildman–Crippen MR) is 137 cm³/mol. The third-order valence-corrected chi connectivity index (χ3v) is 9.43. The average Bonchev–Trinajstić information content (AvgIpc) is 3.62. The Balaban J connectivity index is 1.33. The number of sulfonamides is 1. The summed E-state index contributed by atoms with van der Waals surface area (Å²) in [5.74, 6) is 0. The number of aryl methyl sites for hydroxylation is 1. The van der Waals surface area contributed by atoms with Crippen LogP contribution in [0.2, 0.25) is 0 Å². The number of aromatic nitrogens is 1.